The van der Waals surface area contributed by atoms with Crippen LogP contribution in [0, 0.1) is 0 Å². The van der Waals surface area contributed by atoms with E-state index in [1.165, 1.54) is 24.3 Å². The van der Waals surface area contributed by atoms with Crippen molar-refractivity contribution in [1.82, 2.24) is 4.98 Å². The van der Waals surface area contributed by atoms with Crippen molar-refractivity contribution in [3.8, 4) is 0 Å². The van der Waals surface area contributed by atoms with Crippen LogP contribution in [0.2, 0.25) is 0 Å². The number of nitrogen functional groups attached to an aromatic ring is 1. The van der Waals surface area contributed by atoms with Gasteiger partial charge in [0.2, 0.25) is 0 Å². The van der Waals surface area contributed by atoms with E-state index in [0.29, 0.717) is 6.04 Å². The van der Waals surface area contributed by atoms with E-state index in [4.69, 9.17) is 5.73 Å². The molecule has 3 nitrogen and oxygen atoms in total. The fourth-order valence-corrected chi connectivity index (χ4v) is 4.10. The molecular formula is C12H15N3S2. The van der Waals surface area contributed by atoms with Gasteiger partial charge in [-0.25, -0.2) is 4.98 Å². The van der Waals surface area contributed by atoms with E-state index in [2.05, 4.69) is 10.3 Å². The number of benzene rings is 1. The number of nitrogens with two attached hydrogens (primary N) is 1. The second-order valence-electron chi connectivity index (χ2n) is 4.30. The summed E-state index contributed by atoms with van der Waals surface area (Å²) >= 11 is 3.72. The topological polar surface area (TPSA) is 50.9 Å². The summed E-state index contributed by atoms with van der Waals surface area (Å²) in [5, 5.41) is 4.56. The summed E-state index contributed by atoms with van der Waals surface area (Å²) in [6.45, 7) is 0. The average Bonchev–Trinajstić information content (AvgIpc) is 2.71. The Morgan fingerprint density at radius 2 is 2.35 bits per heavy atom. The van der Waals surface area contributed by atoms with Crippen LogP contribution in [0.4, 0.5) is 10.8 Å². The van der Waals surface area contributed by atoms with E-state index >= 15 is 0 Å². The van der Waals surface area contributed by atoms with Crippen LogP contribution in [-0.4, -0.2) is 22.5 Å². The van der Waals surface area contributed by atoms with Crippen LogP contribution in [0.1, 0.15) is 12.8 Å². The number of thioether (sulfide) groups is 1. The molecule has 0 spiro atoms. The lowest BCUT2D eigenvalue weighted by Gasteiger charge is -2.21. The zero-order valence-corrected chi connectivity index (χ0v) is 11.1. The van der Waals surface area contributed by atoms with Crippen LogP contribution in [0.3, 0.4) is 0 Å². The molecule has 3 N–H and O–H groups in total. The second kappa shape index (κ2) is 4.74. The summed E-state index contributed by atoms with van der Waals surface area (Å²) in [6.07, 6.45) is 2.56. The zero-order chi connectivity index (χ0) is 11.7. The van der Waals surface area contributed by atoms with Crippen LogP contribution in [0.5, 0.6) is 0 Å². The highest BCUT2D eigenvalue weighted by molar-refractivity contribution is 7.99. The largest absolute Gasteiger partial charge is 0.399 e. The zero-order valence-electron chi connectivity index (χ0n) is 9.48. The molecule has 0 amide bonds. The van der Waals surface area contributed by atoms with Gasteiger partial charge in [0, 0.05) is 17.5 Å². The summed E-state index contributed by atoms with van der Waals surface area (Å²) < 4.78 is 1.16. The summed E-state index contributed by atoms with van der Waals surface area (Å²) in [4.78, 5) is 4.59. The number of anilines is 2. The molecule has 5 heteroatoms. The molecule has 3 rings (SSSR count). The number of nitrogens with one attached hydrogen (secondary N) is 1. The second-order valence-corrected chi connectivity index (χ2v) is 6.49. The first-order valence-corrected chi connectivity index (χ1v) is 7.79. The van der Waals surface area contributed by atoms with Gasteiger partial charge in [-0.1, -0.05) is 11.3 Å². The minimum Gasteiger partial charge on any atom is -0.399 e. The van der Waals surface area contributed by atoms with Crippen LogP contribution in [-0.2, 0) is 0 Å². The van der Waals surface area contributed by atoms with E-state index in [1.54, 1.807) is 11.3 Å². The maximum Gasteiger partial charge on any atom is 0.184 e. The molecule has 1 saturated heterocycles. The molecule has 1 aromatic carbocycles. The first-order chi connectivity index (χ1) is 8.31. The van der Waals surface area contributed by atoms with Gasteiger partial charge in [-0.15, -0.1) is 0 Å². The van der Waals surface area contributed by atoms with E-state index in [1.807, 2.05) is 30.0 Å². The average molecular weight is 265 g/mol. The monoisotopic (exact) mass is 265 g/mol. The highest BCUT2D eigenvalue weighted by Gasteiger charge is 2.15. The minimum atomic E-state index is 0.576. The van der Waals surface area contributed by atoms with E-state index in [9.17, 15) is 0 Å². The normalized spacial score (nSPS) is 20.6. The fourth-order valence-electron chi connectivity index (χ4n) is 2.03. The van der Waals surface area contributed by atoms with Gasteiger partial charge in [-0.2, -0.15) is 11.8 Å². The van der Waals surface area contributed by atoms with Crippen LogP contribution < -0.4 is 11.1 Å². The van der Waals surface area contributed by atoms with Crippen LogP contribution in [0.15, 0.2) is 18.2 Å². The Hall–Kier alpha value is -0.940. The predicted molar refractivity (Wildman–Crippen MR) is 78.0 cm³/mol. The van der Waals surface area contributed by atoms with Crippen molar-refractivity contribution in [1.29, 1.82) is 0 Å². The van der Waals surface area contributed by atoms with Crippen molar-refractivity contribution < 1.29 is 0 Å². The van der Waals surface area contributed by atoms with Crippen molar-refractivity contribution in [2.24, 2.45) is 0 Å². The maximum absolute atomic E-state index is 5.77. The molecule has 2 heterocycles. The summed E-state index contributed by atoms with van der Waals surface area (Å²) in [7, 11) is 0. The number of aromatic nitrogens is 1. The van der Waals surface area contributed by atoms with Crippen LogP contribution >= 0.6 is 23.1 Å². The number of nitrogens with zero attached hydrogens (tertiary/aromatic N) is 1. The Balaban J connectivity index is 1.80. The molecule has 0 saturated carbocycles. The Kier molecular flexibility index (Phi) is 3.11. The van der Waals surface area contributed by atoms with E-state index in [0.717, 1.165) is 21.0 Å². The molecule has 0 aliphatic carbocycles. The first-order valence-electron chi connectivity index (χ1n) is 5.81. The number of thiazole rings is 1. The van der Waals surface area contributed by atoms with Gasteiger partial charge in [0.25, 0.3) is 0 Å². The number of rotatable bonds is 2. The first kappa shape index (κ1) is 11.2. The Morgan fingerprint density at radius 3 is 3.18 bits per heavy atom. The third-order valence-electron chi connectivity index (χ3n) is 2.90. The van der Waals surface area contributed by atoms with E-state index in [-0.39, 0.29) is 0 Å². The molecule has 90 valence electrons. The quantitative estimate of drug-likeness (QED) is 0.819. The molecule has 1 aromatic heterocycles. The van der Waals surface area contributed by atoms with Gasteiger partial charge in [-0.3, -0.25) is 0 Å². The highest BCUT2D eigenvalue weighted by Crippen LogP contribution is 2.29. The molecule has 0 bridgehead atoms. The van der Waals surface area contributed by atoms with Crippen LogP contribution in [0.25, 0.3) is 10.2 Å². The third kappa shape index (κ3) is 2.50. The molecule has 1 aliphatic rings. The lowest BCUT2D eigenvalue weighted by Crippen LogP contribution is -2.25. The Labute approximate surface area is 109 Å². The molecule has 17 heavy (non-hydrogen) atoms. The number of hydrogen-bond donors (Lipinski definition) is 2. The lowest BCUT2D eigenvalue weighted by molar-refractivity contribution is 0.685. The maximum atomic E-state index is 5.77. The van der Waals surface area contributed by atoms with Gasteiger partial charge < -0.3 is 11.1 Å². The number of fused-ring (bicyclic) bond motifs is 1. The third-order valence-corrected chi connectivity index (χ3v) is 5.07. The fraction of sp³-hybridized carbons (Fsp3) is 0.417. The minimum absolute atomic E-state index is 0.576. The van der Waals surface area contributed by atoms with Gasteiger partial charge in [-0.05, 0) is 36.8 Å². The number of hydrogen-bond acceptors (Lipinski definition) is 5. The highest BCUT2D eigenvalue weighted by atomic mass is 32.2. The SMILES string of the molecule is Nc1ccc2nc(NC3CCCSC3)sc2c1. The van der Waals surface area contributed by atoms with Crippen molar-refractivity contribution in [3.05, 3.63) is 18.2 Å². The van der Waals surface area contributed by atoms with Crippen molar-refractivity contribution in [2.45, 2.75) is 18.9 Å². The molecular weight excluding hydrogens is 250 g/mol. The molecule has 0 radical (unpaired) electrons. The predicted octanol–water partition coefficient (Wildman–Crippen LogP) is 3.19. The van der Waals surface area contributed by atoms with Gasteiger partial charge in [0.15, 0.2) is 5.13 Å². The Morgan fingerprint density at radius 1 is 1.41 bits per heavy atom. The molecule has 1 fully saturated rings. The smallest absolute Gasteiger partial charge is 0.184 e. The van der Waals surface area contributed by atoms with Crippen molar-refractivity contribution >= 4 is 44.1 Å². The van der Waals surface area contributed by atoms with Gasteiger partial charge in [0.05, 0.1) is 10.2 Å². The summed E-state index contributed by atoms with van der Waals surface area (Å²) in [5.41, 5.74) is 7.62. The molecule has 1 unspecified atom stereocenters. The van der Waals surface area contributed by atoms with Gasteiger partial charge >= 0.3 is 0 Å². The van der Waals surface area contributed by atoms with Crippen molar-refractivity contribution in [3.63, 3.8) is 0 Å². The standard InChI is InChI=1S/C12H15N3S2/c13-8-3-4-10-11(6-8)17-12(15-10)14-9-2-1-5-16-7-9/h3-4,6,9H,1-2,5,7,13H2,(H,14,15). The summed E-state index contributed by atoms with van der Waals surface area (Å²) in [6, 6.07) is 6.46. The molecule has 1 atom stereocenters. The molecule has 2 aromatic rings. The van der Waals surface area contributed by atoms with E-state index < -0.39 is 0 Å². The van der Waals surface area contributed by atoms with Gasteiger partial charge in [0.1, 0.15) is 0 Å². The van der Waals surface area contributed by atoms with Crippen molar-refractivity contribution in [2.75, 3.05) is 22.6 Å². The molecule has 1 aliphatic heterocycles. The summed E-state index contributed by atoms with van der Waals surface area (Å²) in [5.74, 6) is 2.49. The lowest BCUT2D eigenvalue weighted by atomic mass is 10.2. The Bertz CT molecular complexity index is 517.